The molecule has 1 aromatic heterocycles. The van der Waals surface area contributed by atoms with Crippen LogP contribution in [0.5, 0.6) is 0 Å². The van der Waals surface area contributed by atoms with E-state index in [4.69, 9.17) is 5.73 Å². The van der Waals surface area contributed by atoms with Crippen molar-refractivity contribution in [1.29, 1.82) is 0 Å². The fourth-order valence-electron chi connectivity index (χ4n) is 2.51. The van der Waals surface area contributed by atoms with Crippen molar-refractivity contribution in [3.8, 4) is 0 Å². The number of fused-ring (bicyclic) bond motifs is 1. The van der Waals surface area contributed by atoms with Crippen molar-refractivity contribution < 1.29 is 4.79 Å². The number of rotatable bonds is 5. The van der Waals surface area contributed by atoms with Gasteiger partial charge in [0.05, 0.1) is 18.3 Å². The van der Waals surface area contributed by atoms with Crippen LogP contribution in [0.2, 0.25) is 0 Å². The molecule has 0 fully saturated rings. The second-order valence-electron chi connectivity index (χ2n) is 5.01. The zero-order valence-electron chi connectivity index (χ0n) is 11.6. The average Bonchev–Trinajstić information content (AvgIpc) is 2.79. The number of hydrogen-bond donors (Lipinski definition) is 2. The predicted molar refractivity (Wildman–Crippen MR) is 78.0 cm³/mol. The van der Waals surface area contributed by atoms with Crippen molar-refractivity contribution in [2.24, 2.45) is 12.8 Å². The highest BCUT2D eigenvalue weighted by Gasteiger charge is 2.26. The van der Waals surface area contributed by atoms with Gasteiger partial charge in [-0.25, -0.2) is 0 Å². The number of nitrogens with zero attached hydrogens (tertiary/aromatic N) is 2. The highest BCUT2D eigenvalue weighted by molar-refractivity contribution is 7.98. The van der Waals surface area contributed by atoms with Gasteiger partial charge in [-0.2, -0.15) is 16.9 Å². The molecule has 0 saturated carbocycles. The number of thioether (sulfide) groups is 1. The van der Waals surface area contributed by atoms with Crippen molar-refractivity contribution in [1.82, 2.24) is 15.1 Å². The molecule has 0 radical (unpaired) electrons. The number of hydrogen-bond acceptors (Lipinski definition) is 4. The maximum absolute atomic E-state index is 12.1. The van der Waals surface area contributed by atoms with Gasteiger partial charge in [0.2, 0.25) is 5.91 Å². The van der Waals surface area contributed by atoms with E-state index in [1.165, 1.54) is 5.69 Å². The van der Waals surface area contributed by atoms with Crippen LogP contribution in [-0.4, -0.2) is 33.7 Å². The maximum atomic E-state index is 12.1. The van der Waals surface area contributed by atoms with Gasteiger partial charge in [0, 0.05) is 18.3 Å². The minimum absolute atomic E-state index is 0.0456. The first-order chi connectivity index (χ1) is 9.13. The third kappa shape index (κ3) is 3.30. The Morgan fingerprint density at radius 1 is 1.74 bits per heavy atom. The summed E-state index contributed by atoms with van der Waals surface area (Å²) >= 11 is 1.71. The Morgan fingerprint density at radius 2 is 2.53 bits per heavy atom. The molecule has 0 saturated heterocycles. The van der Waals surface area contributed by atoms with E-state index in [0.717, 1.165) is 37.0 Å². The standard InChI is InChI=1S/C13H22N4OS/c1-17-12-5-3-4-11(9(12)8-15-17)16-13(18)10(14)6-7-19-2/h8,10-11H,3-7,14H2,1-2H3,(H,16,18)/t10-,11?/m0/s1. The molecule has 2 rings (SSSR count). The minimum Gasteiger partial charge on any atom is -0.348 e. The summed E-state index contributed by atoms with van der Waals surface area (Å²) in [6.45, 7) is 0. The summed E-state index contributed by atoms with van der Waals surface area (Å²) < 4.78 is 1.90. The molecule has 6 heteroatoms. The summed E-state index contributed by atoms with van der Waals surface area (Å²) in [5, 5.41) is 7.35. The second-order valence-corrected chi connectivity index (χ2v) is 6.00. The molecule has 0 spiro atoms. The molecule has 0 bridgehead atoms. The monoisotopic (exact) mass is 282 g/mol. The molecule has 1 aliphatic rings. The Bertz CT molecular complexity index is 446. The average molecular weight is 282 g/mol. The second kappa shape index (κ2) is 6.43. The van der Waals surface area contributed by atoms with Crippen LogP contribution in [0.3, 0.4) is 0 Å². The van der Waals surface area contributed by atoms with Gasteiger partial charge < -0.3 is 11.1 Å². The first-order valence-electron chi connectivity index (χ1n) is 6.69. The van der Waals surface area contributed by atoms with E-state index in [0.29, 0.717) is 0 Å². The van der Waals surface area contributed by atoms with Crippen LogP contribution in [-0.2, 0) is 18.3 Å². The molecule has 19 heavy (non-hydrogen) atoms. The van der Waals surface area contributed by atoms with E-state index < -0.39 is 6.04 Å². The number of aromatic nitrogens is 2. The lowest BCUT2D eigenvalue weighted by atomic mass is 9.92. The van der Waals surface area contributed by atoms with Crippen LogP contribution in [0.15, 0.2) is 6.20 Å². The van der Waals surface area contributed by atoms with Gasteiger partial charge in [0.15, 0.2) is 0 Å². The summed E-state index contributed by atoms with van der Waals surface area (Å²) in [6, 6.07) is -0.334. The van der Waals surface area contributed by atoms with Crippen molar-refractivity contribution in [3.05, 3.63) is 17.5 Å². The van der Waals surface area contributed by atoms with Crippen molar-refractivity contribution >= 4 is 17.7 Å². The van der Waals surface area contributed by atoms with E-state index >= 15 is 0 Å². The summed E-state index contributed by atoms with van der Waals surface area (Å²) in [4.78, 5) is 12.1. The SMILES string of the molecule is CSCC[C@H](N)C(=O)NC1CCCc2c1cnn2C. The first-order valence-corrected chi connectivity index (χ1v) is 8.08. The van der Waals surface area contributed by atoms with Crippen molar-refractivity contribution in [3.63, 3.8) is 0 Å². The van der Waals surface area contributed by atoms with E-state index in [1.54, 1.807) is 11.8 Å². The fraction of sp³-hybridized carbons (Fsp3) is 0.692. The van der Waals surface area contributed by atoms with E-state index in [1.807, 2.05) is 24.2 Å². The Labute approximate surface area is 118 Å². The predicted octanol–water partition coefficient (Wildman–Crippen LogP) is 0.994. The highest BCUT2D eigenvalue weighted by atomic mass is 32.2. The van der Waals surface area contributed by atoms with Gasteiger partial charge >= 0.3 is 0 Å². The molecule has 106 valence electrons. The smallest absolute Gasteiger partial charge is 0.237 e. The summed E-state index contributed by atoms with van der Waals surface area (Å²) in [5.41, 5.74) is 8.28. The van der Waals surface area contributed by atoms with Crippen LogP contribution in [0.25, 0.3) is 0 Å². The molecule has 5 nitrogen and oxygen atoms in total. The van der Waals surface area contributed by atoms with Crippen LogP contribution in [0.1, 0.15) is 36.6 Å². The highest BCUT2D eigenvalue weighted by Crippen LogP contribution is 2.29. The number of carbonyl (C=O) groups excluding carboxylic acids is 1. The number of amides is 1. The van der Waals surface area contributed by atoms with E-state index in [9.17, 15) is 4.79 Å². The molecule has 1 heterocycles. The molecular formula is C13H22N4OS. The molecule has 1 aromatic rings. The Balaban J connectivity index is 1.98. The van der Waals surface area contributed by atoms with Crippen molar-refractivity contribution in [2.75, 3.05) is 12.0 Å². The zero-order chi connectivity index (χ0) is 13.8. The summed E-state index contributed by atoms with van der Waals surface area (Å²) in [5.74, 6) is 0.868. The van der Waals surface area contributed by atoms with Gasteiger partial charge in [0.1, 0.15) is 0 Å². The third-order valence-corrected chi connectivity index (χ3v) is 4.31. The van der Waals surface area contributed by atoms with Gasteiger partial charge in [-0.1, -0.05) is 0 Å². The summed E-state index contributed by atoms with van der Waals surface area (Å²) in [7, 11) is 1.95. The number of aryl methyl sites for hydroxylation is 1. The quantitative estimate of drug-likeness (QED) is 0.845. The number of nitrogens with one attached hydrogen (secondary N) is 1. The lowest BCUT2D eigenvalue weighted by Gasteiger charge is -2.25. The molecular weight excluding hydrogens is 260 g/mol. The largest absolute Gasteiger partial charge is 0.348 e. The van der Waals surface area contributed by atoms with Crippen LogP contribution < -0.4 is 11.1 Å². The Kier molecular flexibility index (Phi) is 4.87. The van der Waals surface area contributed by atoms with Crippen LogP contribution >= 0.6 is 11.8 Å². The van der Waals surface area contributed by atoms with E-state index in [2.05, 4.69) is 10.4 Å². The topological polar surface area (TPSA) is 72.9 Å². The Morgan fingerprint density at radius 3 is 3.26 bits per heavy atom. The number of carbonyl (C=O) groups is 1. The van der Waals surface area contributed by atoms with E-state index in [-0.39, 0.29) is 11.9 Å². The lowest BCUT2D eigenvalue weighted by molar-refractivity contribution is -0.123. The lowest BCUT2D eigenvalue weighted by Crippen LogP contribution is -2.43. The van der Waals surface area contributed by atoms with Crippen LogP contribution in [0, 0.1) is 0 Å². The molecule has 0 aromatic carbocycles. The van der Waals surface area contributed by atoms with Gasteiger partial charge in [-0.3, -0.25) is 9.48 Å². The molecule has 3 N–H and O–H groups in total. The van der Waals surface area contributed by atoms with Gasteiger partial charge in [0.25, 0.3) is 0 Å². The molecule has 1 amide bonds. The van der Waals surface area contributed by atoms with Crippen molar-refractivity contribution in [2.45, 2.75) is 37.8 Å². The normalized spacial score (nSPS) is 19.8. The molecule has 2 atom stereocenters. The third-order valence-electron chi connectivity index (χ3n) is 3.66. The maximum Gasteiger partial charge on any atom is 0.237 e. The first kappa shape index (κ1) is 14.4. The molecule has 1 aliphatic carbocycles. The van der Waals surface area contributed by atoms with Gasteiger partial charge in [-0.15, -0.1) is 0 Å². The number of nitrogens with two attached hydrogens (primary N) is 1. The van der Waals surface area contributed by atoms with Gasteiger partial charge in [-0.05, 0) is 37.7 Å². The van der Waals surface area contributed by atoms with Crippen LogP contribution in [0.4, 0.5) is 0 Å². The zero-order valence-corrected chi connectivity index (χ0v) is 12.4. The molecule has 1 unspecified atom stereocenters. The summed E-state index contributed by atoms with van der Waals surface area (Å²) in [6.07, 6.45) is 7.70. The minimum atomic E-state index is -0.408. The molecule has 0 aliphatic heterocycles. The fourth-order valence-corrected chi connectivity index (χ4v) is 3.00. The Hall–Kier alpha value is -1.01.